The molecule has 0 saturated heterocycles. The maximum absolute atomic E-state index is 13.0. The number of fused-ring (bicyclic) bond motifs is 3. The fourth-order valence-electron chi connectivity index (χ4n) is 3.99. The first-order chi connectivity index (χ1) is 14.3. The van der Waals surface area contributed by atoms with E-state index in [0.29, 0.717) is 22.6 Å². The number of hydrogen-bond donors (Lipinski definition) is 3. The van der Waals surface area contributed by atoms with Gasteiger partial charge in [0.15, 0.2) is 6.17 Å². The maximum Gasteiger partial charge on any atom is 0.416 e. The second-order valence-corrected chi connectivity index (χ2v) is 8.78. The Hall–Kier alpha value is -2.78. The summed E-state index contributed by atoms with van der Waals surface area (Å²) in [6.07, 6.45) is -4.13. The number of alkyl halides is 3. The third kappa shape index (κ3) is 3.27. The van der Waals surface area contributed by atoms with Crippen molar-refractivity contribution in [3.8, 4) is 11.3 Å². The lowest BCUT2D eigenvalue weighted by Gasteiger charge is -2.25. The minimum atomic E-state index is -4.42. The topological polar surface area (TPSA) is 58.7 Å². The molecule has 2 atom stereocenters. The molecular formula is C21H19F3N3O2S+. The van der Waals surface area contributed by atoms with Crippen LogP contribution in [-0.4, -0.2) is 19.5 Å². The number of furan rings is 1. The number of thiophene rings is 1. The fourth-order valence-corrected chi connectivity index (χ4v) is 5.37. The Morgan fingerprint density at radius 2 is 2.03 bits per heavy atom. The molecule has 0 aliphatic carbocycles. The number of anilines is 1. The van der Waals surface area contributed by atoms with Gasteiger partial charge in [0.2, 0.25) is 0 Å². The van der Waals surface area contributed by atoms with Crippen molar-refractivity contribution in [2.45, 2.75) is 25.3 Å². The molecule has 5 rings (SSSR count). The van der Waals surface area contributed by atoms with Gasteiger partial charge in [-0.05, 0) is 29.8 Å². The largest absolute Gasteiger partial charge is 0.457 e. The number of halogens is 3. The molecule has 156 valence electrons. The maximum atomic E-state index is 13.0. The summed E-state index contributed by atoms with van der Waals surface area (Å²) >= 11 is 1.59. The molecule has 0 bridgehead atoms. The van der Waals surface area contributed by atoms with Gasteiger partial charge in [-0.15, -0.1) is 11.3 Å². The monoisotopic (exact) mass is 434 g/mol. The summed E-state index contributed by atoms with van der Waals surface area (Å²) in [6, 6.07) is 8.28. The Morgan fingerprint density at radius 3 is 2.83 bits per heavy atom. The minimum Gasteiger partial charge on any atom is -0.457 e. The quantitative estimate of drug-likeness (QED) is 0.579. The molecule has 0 fully saturated rings. The van der Waals surface area contributed by atoms with Crippen molar-refractivity contribution in [1.29, 1.82) is 0 Å². The lowest BCUT2D eigenvalue weighted by molar-refractivity contribution is -0.895. The third-order valence-electron chi connectivity index (χ3n) is 5.52. The average Bonchev–Trinajstić information content (AvgIpc) is 3.32. The molecule has 0 saturated carbocycles. The van der Waals surface area contributed by atoms with Crippen molar-refractivity contribution >= 4 is 22.2 Å². The van der Waals surface area contributed by atoms with E-state index in [-0.39, 0.29) is 5.91 Å². The molecule has 2 aliphatic heterocycles. The predicted molar refractivity (Wildman–Crippen MR) is 106 cm³/mol. The zero-order valence-electron chi connectivity index (χ0n) is 16.0. The van der Waals surface area contributed by atoms with Crippen LogP contribution in [0.4, 0.5) is 18.2 Å². The molecule has 3 N–H and O–H groups in total. The van der Waals surface area contributed by atoms with Gasteiger partial charge in [0, 0.05) is 12.0 Å². The van der Waals surface area contributed by atoms with Gasteiger partial charge < -0.3 is 20.0 Å². The van der Waals surface area contributed by atoms with Crippen LogP contribution in [0, 0.1) is 0 Å². The summed E-state index contributed by atoms with van der Waals surface area (Å²) in [4.78, 5) is 15.4. The highest BCUT2D eigenvalue weighted by Gasteiger charge is 2.35. The highest BCUT2D eigenvalue weighted by atomic mass is 32.1. The van der Waals surface area contributed by atoms with Crippen molar-refractivity contribution in [2.75, 3.05) is 18.9 Å². The zero-order valence-corrected chi connectivity index (χ0v) is 16.8. The molecule has 9 heteroatoms. The Labute approximate surface area is 174 Å². The molecule has 2 aromatic heterocycles. The summed E-state index contributed by atoms with van der Waals surface area (Å²) in [5, 5.41) is 7.05. The molecule has 30 heavy (non-hydrogen) atoms. The van der Waals surface area contributed by atoms with E-state index in [0.717, 1.165) is 42.2 Å². The molecule has 4 heterocycles. The van der Waals surface area contributed by atoms with E-state index in [9.17, 15) is 18.0 Å². The Balaban J connectivity index is 1.42. The van der Waals surface area contributed by atoms with E-state index >= 15 is 0 Å². The molecule has 1 amide bonds. The first-order valence-electron chi connectivity index (χ1n) is 9.60. The van der Waals surface area contributed by atoms with Crippen molar-refractivity contribution in [3.05, 3.63) is 63.7 Å². The van der Waals surface area contributed by atoms with Crippen LogP contribution in [0.15, 0.2) is 40.8 Å². The predicted octanol–water partition coefficient (Wildman–Crippen LogP) is 3.45. The number of carbonyl (C=O) groups excluding carboxylic acids is 1. The van der Waals surface area contributed by atoms with Crippen LogP contribution in [0.3, 0.4) is 0 Å². The van der Waals surface area contributed by atoms with Crippen LogP contribution in [0.5, 0.6) is 0 Å². The second kappa shape index (κ2) is 6.88. The highest BCUT2D eigenvalue weighted by molar-refractivity contribution is 7.16. The third-order valence-corrected chi connectivity index (χ3v) is 6.68. The molecule has 1 aromatic carbocycles. The normalized spacial score (nSPS) is 20.9. The molecule has 0 spiro atoms. The lowest BCUT2D eigenvalue weighted by Crippen LogP contribution is -3.08. The van der Waals surface area contributed by atoms with E-state index in [1.807, 2.05) is 0 Å². The molecule has 2 aliphatic rings. The van der Waals surface area contributed by atoms with Crippen LogP contribution in [-0.2, 0) is 19.1 Å². The van der Waals surface area contributed by atoms with Gasteiger partial charge in [-0.2, -0.15) is 13.2 Å². The van der Waals surface area contributed by atoms with E-state index in [2.05, 4.69) is 17.7 Å². The number of carbonyl (C=O) groups is 1. The number of nitrogens with one attached hydrogen (secondary N) is 3. The van der Waals surface area contributed by atoms with Gasteiger partial charge in [-0.1, -0.05) is 12.1 Å². The van der Waals surface area contributed by atoms with E-state index in [1.165, 1.54) is 15.8 Å². The van der Waals surface area contributed by atoms with Crippen molar-refractivity contribution < 1.29 is 27.3 Å². The first-order valence-corrected chi connectivity index (χ1v) is 10.4. The lowest BCUT2D eigenvalue weighted by atomic mass is 10.0. The van der Waals surface area contributed by atoms with Crippen LogP contribution in [0.1, 0.15) is 38.3 Å². The van der Waals surface area contributed by atoms with E-state index < -0.39 is 17.9 Å². The standard InChI is InChI=1S/C21H18F3N3O2S/c1-27-8-7-13-16(10-27)30-20-17(13)19(28)25-18(26-20)15-6-5-14(29-15)11-3-2-4-12(9-11)21(22,23)24/h2-6,9,18,26H,7-8,10H2,1H3,(H,25,28)/p+1/t18-/m0/s1. The zero-order chi connectivity index (χ0) is 21.0. The summed E-state index contributed by atoms with van der Waals surface area (Å²) in [6.45, 7) is 1.89. The molecule has 0 radical (unpaired) electrons. The molecular weight excluding hydrogens is 415 g/mol. The number of quaternary nitrogens is 1. The van der Waals surface area contributed by atoms with Crippen LogP contribution < -0.4 is 15.5 Å². The highest BCUT2D eigenvalue weighted by Crippen LogP contribution is 2.40. The molecule has 1 unspecified atom stereocenters. The summed E-state index contributed by atoms with van der Waals surface area (Å²) in [7, 11) is 2.14. The van der Waals surface area contributed by atoms with Crippen molar-refractivity contribution in [2.24, 2.45) is 0 Å². The summed E-state index contributed by atoms with van der Waals surface area (Å²) < 4.78 is 44.8. The van der Waals surface area contributed by atoms with Gasteiger partial charge in [-0.3, -0.25) is 4.79 Å². The number of rotatable bonds is 2. The van der Waals surface area contributed by atoms with Gasteiger partial charge in [0.05, 0.1) is 29.6 Å². The van der Waals surface area contributed by atoms with Crippen molar-refractivity contribution in [3.63, 3.8) is 0 Å². The van der Waals surface area contributed by atoms with Gasteiger partial charge in [-0.25, -0.2) is 0 Å². The van der Waals surface area contributed by atoms with Crippen LogP contribution in [0.2, 0.25) is 0 Å². The van der Waals surface area contributed by atoms with E-state index in [4.69, 9.17) is 4.42 Å². The van der Waals surface area contributed by atoms with Crippen molar-refractivity contribution in [1.82, 2.24) is 5.32 Å². The smallest absolute Gasteiger partial charge is 0.416 e. The van der Waals surface area contributed by atoms with Crippen LogP contribution in [0.25, 0.3) is 11.3 Å². The van der Waals surface area contributed by atoms with Gasteiger partial charge in [0.1, 0.15) is 23.1 Å². The number of hydrogen-bond acceptors (Lipinski definition) is 4. The SMILES string of the molecule is C[NH+]1CCc2c(sc3c2C(=O)N[C@H](c2ccc(-c4cccc(C(F)(F)F)c4)o2)N3)C1. The van der Waals surface area contributed by atoms with Crippen LogP contribution >= 0.6 is 11.3 Å². The second-order valence-electron chi connectivity index (χ2n) is 7.67. The Morgan fingerprint density at radius 1 is 1.20 bits per heavy atom. The molecule has 3 aromatic rings. The number of benzene rings is 1. The number of likely N-dealkylation sites (N-methyl/N-ethyl adjacent to an activating group) is 1. The Bertz CT molecular complexity index is 1130. The summed E-state index contributed by atoms with van der Waals surface area (Å²) in [5.74, 6) is 0.604. The minimum absolute atomic E-state index is 0.150. The summed E-state index contributed by atoms with van der Waals surface area (Å²) in [5.41, 5.74) is 1.43. The molecule has 5 nitrogen and oxygen atoms in total. The first kappa shape index (κ1) is 19.2. The Kier molecular flexibility index (Phi) is 4.41. The van der Waals surface area contributed by atoms with Gasteiger partial charge >= 0.3 is 6.18 Å². The number of amides is 1. The average molecular weight is 434 g/mol. The van der Waals surface area contributed by atoms with Gasteiger partial charge in [0.25, 0.3) is 5.91 Å². The fraction of sp³-hybridized carbons (Fsp3) is 0.286. The van der Waals surface area contributed by atoms with E-state index in [1.54, 1.807) is 29.5 Å².